The van der Waals surface area contributed by atoms with Gasteiger partial charge in [-0.15, -0.1) is 0 Å². The van der Waals surface area contributed by atoms with Crippen LogP contribution in [0.2, 0.25) is 0 Å². The number of piperazine rings is 1. The minimum Gasteiger partial charge on any atom is -0.475 e. The van der Waals surface area contributed by atoms with Crippen LogP contribution in [0.15, 0.2) is 30.3 Å². The van der Waals surface area contributed by atoms with Gasteiger partial charge in [-0.25, -0.2) is 9.78 Å². The number of carbonyl (C=O) groups excluding carboxylic acids is 1. The Bertz CT molecular complexity index is 1110. The van der Waals surface area contributed by atoms with Gasteiger partial charge in [-0.1, -0.05) is 30.3 Å². The molecule has 1 aromatic heterocycles. The summed E-state index contributed by atoms with van der Waals surface area (Å²) < 4.78 is 12.1. The van der Waals surface area contributed by atoms with Crippen LogP contribution in [0.5, 0.6) is 11.6 Å². The normalized spacial score (nSPS) is 21.8. The van der Waals surface area contributed by atoms with E-state index in [1.807, 2.05) is 6.07 Å². The number of fused-ring (bicyclic) bond motifs is 1. The molecule has 1 unspecified atom stereocenters. The Morgan fingerprint density at radius 2 is 2.03 bits per heavy atom. The number of benzene rings is 1. The van der Waals surface area contributed by atoms with Gasteiger partial charge in [0, 0.05) is 38.8 Å². The number of likely N-dealkylation sites (tertiary alicyclic amines) is 1. The van der Waals surface area contributed by atoms with E-state index in [2.05, 4.69) is 52.9 Å². The van der Waals surface area contributed by atoms with Crippen molar-refractivity contribution in [3.8, 4) is 17.7 Å². The van der Waals surface area contributed by atoms with Crippen molar-refractivity contribution in [3.63, 3.8) is 0 Å². The van der Waals surface area contributed by atoms with Crippen molar-refractivity contribution in [2.24, 2.45) is 5.92 Å². The summed E-state index contributed by atoms with van der Waals surface area (Å²) in [6.07, 6.45) is 3.35. The molecule has 3 aliphatic rings. The second kappa shape index (κ2) is 11.1. The molecule has 0 aliphatic carbocycles. The first-order valence-corrected chi connectivity index (χ1v) is 12.9. The number of amides is 1. The van der Waals surface area contributed by atoms with Gasteiger partial charge in [-0.05, 0) is 50.8 Å². The van der Waals surface area contributed by atoms with Crippen molar-refractivity contribution in [3.05, 3.63) is 47.2 Å². The van der Waals surface area contributed by atoms with Gasteiger partial charge in [0.05, 0.1) is 5.69 Å². The number of hydrogen-bond acceptors (Lipinski definition) is 8. The molecule has 0 saturated carbocycles. The van der Waals surface area contributed by atoms with Gasteiger partial charge in [0.2, 0.25) is 5.88 Å². The van der Waals surface area contributed by atoms with Gasteiger partial charge in [0.1, 0.15) is 18.4 Å². The zero-order valence-electron chi connectivity index (χ0n) is 20.8. The number of pyridine rings is 1. The molecule has 4 heterocycles. The average molecular weight is 491 g/mol. The molecular formula is C27H34N6O3. The van der Waals surface area contributed by atoms with Crippen LogP contribution in [0.3, 0.4) is 0 Å². The van der Waals surface area contributed by atoms with Crippen molar-refractivity contribution in [1.29, 1.82) is 5.26 Å². The second-order valence-corrected chi connectivity index (χ2v) is 9.89. The third-order valence-electron chi connectivity index (χ3n) is 7.37. The highest BCUT2D eigenvalue weighted by molar-refractivity contribution is 5.78. The number of anilines is 1. The van der Waals surface area contributed by atoms with Crippen molar-refractivity contribution in [2.45, 2.75) is 31.7 Å². The van der Waals surface area contributed by atoms with Gasteiger partial charge in [0.15, 0.2) is 11.3 Å². The van der Waals surface area contributed by atoms with E-state index >= 15 is 0 Å². The Morgan fingerprint density at radius 3 is 2.75 bits per heavy atom. The van der Waals surface area contributed by atoms with E-state index < -0.39 is 6.09 Å². The summed E-state index contributed by atoms with van der Waals surface area (Å²) in [5.74, 6) is 0.812. The van der Waals surface area contributed by atoms with Crippen LogP contribution in [-0.2, 0) is 12.8 Å². The molecule has 5 rings (SSSR count). The van der Waals surface area contributed by atoms with Gasteiger partial charge >= 0.3 is 6.09 Å². The highest BCUT2D eigenvalue weighted by Gasteiger charge is 2.31. The zero-order valence-corrected chi connectivity index (χ0v) is 20.8. The summed E-state index contributed by atoms with van der Waals surface area (Å²) in [6.45, 7) is 4.77. The van der Waals surface area contributed by atoms with E-state index in [-0.39, 0.29) is 23.2 Å². The average Bonchev–Trinajstić information content (AvgIpc) is 3.32. The lowest BCUT2D eigenvalue weighted by molar-refractivity contribution is 0.145. The van der Waals surface area contributed by atoms with Crippen LogP contribution in [0.1, 0.15) is 29.7 Å². The fourth-order valence-corrected chi connectivity index (χ4v) is 5.27. The largest absolute Gasteiger partial charge is 0.475 e. The molecule has 2 fully saturated rings. The van der Waals surface area contributed by atoms with Crippen LogP contribution in [0.4, 0.5) is 10.5 Å². The maximum atomic E-state index is 13.0. The summed E-state index contributed by atoms with van der Waals surface area (Å²) >= 11 is 0. The fraction of sp³-hybridized carbons (Fsp3) is 0.519. The summed E-state index contributed by atoms with van der Waals surface area (Å²) in [6, 6.07) is 12.9. The number of ether oxygens (including phenoxy) is 2. The fourth-order valence-electron chi connectivity index (χ4n) is 5.27. The van der Waals surface area contributed by atoms with Crippen LogP contribution < -0.4 is 20.1 Å². The Hall–Kier alpha value is -3.35. The molecule has 2 atom stereocenters. The van der Waals surface area contributed by atoms with E-state index in [1.54, 1.807) is 4.90 Å². The molecule has 0 spiro atoms. The molecule has 1 amide bonds. The lowest BCUT2D eigenvalue weighted by Gasteiger charge is -2.30. The molecule has 9 heteroatoms. The summed E-state index contributed by atoms with van der Waals surface area (Å²) in [5.41, 5.74) is 2.85. The van der Waals surface area contributed by atoms with Crippen LogP contribution in [-0.4, -0.2) is 79.8 Å². The highest BCUT2D eigenvalue weighted by Crippen LogP contribution is 2.40. The monoisotopic (exact) mass is 490 g/mol. The maximum absolute atomic E-state index is 13.0. The third-order valence-corrected chi connectivity index (χ3v) is 7.37. The SMILES string of the molecule is CN1CCCC1COc1nc2c(c(OC(=O)N3CCNCC3)c1C#N)NC[C@@H](Cc1ccccc1)C2. The van der Waals surface area contributed by atoms with Crippen molar-refractivity contribution in [2.75, 3.05) is 58.2 Å². The predicted octanol–water partition coefficient (Wildman–Crippen LogP) is 2.66. The number of rotatable bonds is 6. The van der Waals surface area contributed by atoms with Crippen LogP contribution in [0.25, 0.3) is 0 Å². The lowest BCUT2D eigenvalue weighted by atomic mass is 9.90. The first-order chi connectivity index (χ1) is 17.6. The van der Waals surface area contributed by atoms with Gasteiger partial charge < -0.3 is 29.9 Å². The quantitative estimate of drug-likeness (QED) is 0.637. The van der Waals surface area contributed by atoms with E-state index in [1.165, 1.54) is 5.56 Å². The van der Waals surface area contributed by atoms with Crippen molar-refractivity contribution in [1.82, 2.24) is 20.1 Å². The number of aromatic nitrogens is 1. The minimum atomic E-state index is -0.448. The molecule has 2 saturated heterocycles. The molecule has 2 aromatic rings. The minimum absolute atomic E-state index is 0.173. The first-order valence-electron chi connectivity index (χ1n) is 12.9. The van der Waals surface area contributed by atoms with E-state index in [0.29, 0.717) is 44.3 Å². The summed E-state index contributed by atoms with van der Waals surface area (Å²) in [5, 5.41) is 16.8. The van der Waals surface area contributed by atoms with Crippen molar-refractivity contribution >= 4 is 11.8 Å². The van der Waals surface area contributed by atoms with Crippen LogP contribution in [0, 0.1) is 17.2 Å². The van der Waals surface area contributed by atoms with Crippen LogP contribution >= 0.6 is 0 Å². The van der Waals surface area contributed by atoms with Gasteiger partial charge in [-0.2, -0.15) is 5.26 Å². The number of likely N-dealkylation sites (N-methyl/N-ethyl adjacent to an activating group) is 1. The number of carbonyl (C=O) groups is 1. The number of hydrogen-bond donors (Lipinski definition) is 2. The molecule has 3 aliphatic heterocycles. The van der Waals surface area contributed by atoms with E-state index in [0.717, 1.165) is 44.6 Å². The molecule has 190 valence electrons. The molecule has 0 bridgehead atoms. The maximum Gasteiger partial charge on any atom is 0.415 e. The van der Waals surface area contributed by atoms with E-state index in [9.17, 15) is 10.1 Å². The zero-order chi connectivity index (χ0) is 24.9. The molecule has 0 radical (unpaired) electrons. The molecule has 9 nitrogen and oxygen atoms in total. The number of nitrogens with one attached hydrogen (secondary N) is 2. The number of nitriles is 1. The molecule has 36 heavy (non-hydrogen) atoms. The predicted molar refractivity (Wildman–Crippen MR) is 136 cm³/mol. The third kappa shape index (κ3) is 5.40. The van der Waals surface area contributed by atoms with Gasteiger partial charge in [0.25, 0.3) is 0 Å². The Morgan fingerprint density at radius 1 is 1.22 bits per heavy atom. The molecule has 2 N–H and O–H groups in total. The first kappa shape index (κ1) is 24.3. The topological polar surface area (TPSA) is 103 Å². The van der Waals surface area contributed by atoms with E-state index in [4.69, 9.17) is 14.5 Å². The van der Waals surface area contributed by atoms with Crippen molar-refractivity contribution < 1.29 is 14.3 Å². The standard InChI is InChI=1S/C27H34N6O3/c1-32-11-5-8-21(32)18-35-26-22(16-28)25(36-27(34)33-12-9-29-10-13-33)24-23(31-26)15-20(17-30-24)14-19-6-3-2-4-7-19/h2-4,6-7,20-21,29-30H,5,8-15,17-18H2,1H3/t20-,21?/m0/s1. The Kier molecular flexibility index (Phi) is 7.54. The summed E-state index contributed by atoms with van der Waals surface area (Å²) in [7, 11) is 2.09. The summed E-state index contributed by atoms with van der Waals surface area (Å²) in [4.78, 5) is 21.8. The number of nitrogens with zero attached hydrogens (tertiary/aromatic N) is 4. The Labute approximate surface area is 212 Å². The highest BCUT2D eigenvalue weighted by atomic mass is 16.6. The van der Waals surface area contributed by atoms with Gasteiger partial charge in [-0.3, -0.25) is 0 Å². The second-order valence-electron chi connectivity index (χ2n) is 9.89. The molecule has 1 aromatic carbocycles. The smallest absolute Gasteiger partial charge is 0.415 e. The Balaban J connectivity index is 1.43. The lowest BCUT2D eigenvalue weighted by Crippen LogP contribution is -2.47. The molecular weight excluding hydrogens is 456 g/mol.